The number of benzene rings is 1. The molecule has 19 heavy (non-hydrogen) atoms. The number of aromatic carboxylic acids is 1. The molecule has 0 aliphatic carbocycles. The molecule has 0 fully saturated rings. The lowest BCUT2D eigenvalue weighted by atomic mass is 9.97. The minimum Gasteiger partial charge on any atom is -0.495 e. The Kier molecular flexibility index (Phi) is 4.92. The molecule has 1 atom stereocenters. The molecule has 0 saturated carbocycles. The molecule has 1 aromatic rings. The highest BCUT2D eigenvalue weighted by Crippen LogP contribution is 2.26. The summed E-state index contributed by atoms with van der Waals surface area (Å²) in [5.41, 5.74) is 0.480. The largest absolute Gasteiger partial charge is 0.495 e. The van der Waals surface area contributed by atoms with E-state index in [2.05, 4.69) is 5.32 Å². The number of anilines is 1. The maximum Gasteiger partial charge on any atom is 0.335 e. The van der Waals surface area contributed by atoms with E-state index in [1.807, 2.05) is 20.8 Å². The summed E-state index contributed by atoms with van der Waals surface area (Å²) in [4.78, 5) is 22.9. The molecular formula is C14H19NO4. The number of carboxylic acids is 1. The normalized spacial score (nSPS) is 12.1. The fraction of sp³-hybridized carbons (Fsp3) is 0.429. The molecule has 0 aromatic heterocycles. The number of amides is 1. The minimum absolute atomic E-state index is 0.105. The third-order valence-electron chi connectivity index (χ3n) is 3.12. The zero-order valence-corrected chi connectivity index (χ0v) is 11.6. The summed E-state index contributed by atoms with van der Waals surface area (Å²) in [5, 5.41) is 11.7. The highest BCUT2D eigenvalue weighted by molar-refractivity contribution is 5.96. The monoisotopic (exact) mass is 265 g/mol. The Hall–Kier alpha value is -2.04. The molecule has 104 valence electrons. The van der Waals surface area contributed by atoms with Gasteiger partial charge in [-0.2, -0.15) is 0 Å². The van der Waals surface area contributed by atoms with Crippen molar-refractivity contribution in [3.63, 3.8) is 0 Å². The van der Waals surface area contributed by atoms with Crippen LogP contribution in [0.4, 0.5) is 5.69 Å². The quantitative estimate of drug-likeness (QED) is 0.858. The number of ether oxygens (including phenoxy) is 1. The van der Waals surface area contributed by atoms with Crippen molar-refractivity contribution in [2.75, 3.05) is 12.4 Å². The van der Waals surface area contributed by atoms with Gasteiger partial charge in [0.1, 0.15) is 5.75 Å². The first-order valence-corrected chi connectivity index (χ1v) is 6.09. The van der Waals surface area contributed by atoms with Gasteiger partial charge in [0.05, 0.1) is 18.4 Å². The summed E-state index contributed by atoms with van der Waals surface area (Å²) in [7, 11) is 1.47. The summed E-state index contributed by atoms with van der Waals surface area (Å²) in [5.74, 6) is -0.730. The van der Waals surface area contributed by atoms with Gasteiger partial charge in [-0.05, 0) is 24.1 Å². The standard InChI is InChI=1S/C14H19NO4/c1-8(2)9(3)13(16)15-11-7-10(14(17)18)5-6-12(11)19-4/h5-9H,1-4H3,(H,15,16)(H,17,18). The molecular weight excluding hydrogens is 246 g/mol. The third-order valence-corrected chi connectivity index (χ3v) is 3.12. The van der Waals surface area contributed by atoms with Gasteiger partial charge in [0, 0.05) is 5.92 Å². The first kappa shape index (κ1) is 15.0. The number of carbonyl (C=O) groups is 2. The van der Waals surface area contributed by atoms with Crippen LogP contribution < -0.4 is 10.1 Å². The zero-order valence-electron chi connectivity index (χ0n) is 11.6. The van der Waals surface area contributed by atoms with Gasteiger partial charge in [-0.25, -0.2) is 4.79 Å². The van der Waals surface area contributed by atoms with E-state index in [9.17, 15) is 9.59 Å². The molecule has 2 N–H and O–H groups in total. The van der Waals surface area contributed by atoms with Crippen LogP contribution in [0.2, 0.25) is 0 Å². The average molecular weight is 265 g/mol. The first-order valence-electron chi connectivity index (χ1n) is 6.09. The van der Waals surface area contributed by atoms with Crippen molar-refractivity contribution in [3.05, 3.63) is 23.8 Å². The smallest absolute Gasteiger partial charge is 0.335 e. The van der Waals surface area contributed by atoms with Gasteiger partial charge in [-0.15, -0.1) is 0 Å². The van der Waals surface area contributed by atoms with Crippen molar-refractivity contribution >= 4 is 17.6 Å². The van der Waals surface area contributed by atoms with Crippen molar-refractivity contribution in [1.82, 2.24) is 0 Å². The van der Waals surface area contributed by atoms with Gasteiger partial charge in [0.25, 0.3) is 0 Å². The van der Waals surface area contributed by atoms with Gasteiger partial charge >= 0.3 is 5.97 Å². The Morgan fingerprint density at radius 1 is 1.26 bits per heavy atom. The van der Waals surface area contributed by atoms with Crippen LogP contribution in [0.1, 0.15) is 31.1 Å². The summed E-state index contributed by atoms with van der Waals surface area (Å²) in [6.45, 7) is 5.73. The predicted octanol–water partition coefficient (Wildman–Crippen LogP) is 2.62. The molecule has 1 unspecified atom stereocenters. The maximum absolute atomic E-state index is 12.0. The minimum atomic E-state index is -1.05. The van der Waals surface area contributed by atoms with E-state index in [-0.39, 0.29) is 23.3 Å². The SMILES string of the molecule is COc1ccc(C(=O)O)cc1NC(=O)C(C)C(C)C. The molecule has 0 heterocycles. The molecule has 0 spiro atoms. The van der Waals surface area contributed by atoms with Gasteiger partial charge < -0.3 is 15.2 Å². The Bertz CT molecular complexity index is 482. The van der Waals surface area contributed by atoms with Gasteiger partial charge in [0.15, 0.2) is 0 Å². The summed E-state index contributed by atoms with van der Waals surface area (Å²) >= 11 is 0. The number of rotatable bonds is 5. The fourth-order valence-corrected chi connectivity index (χ4v) is 1.49. The van der Waals surface area contributed by atoms with Crippen LogP contribution >= 0.6 is 0 Å². The second-order valence-electron chi connectivity index (χ2n) is 4.74. The molecule has 0 aliphatic rings. The highest BCUT2D eigenvalue weighted by Gasteiger charge is 2.18. The predicted molar refractivity (Wildman–Crippen MR) is 72.6 cm³/mol. The number of carboxylic acid groups (broad SMARTS) is 1. The fourth-order valence-electron chi connectivity index (χ4n) is 1.49. The number of methoxy groups -OCH3 is 1. The van der Waals surface area contributed by atoms with Crippen LogP contribution in [0.3, 0.4) is 0 Å². The van der Waals surface area contributed by atoms with E-state index in [0.29, 0.717) is 11.4 Å². The first-order chi connectivity index (χ1) is 8.86. The lowest BCUT2D eigenvalue weighted by Gasteiger charge is -2.17. The number of nitrogens with one attached hydrogen (secondary N) is 1. The third kappa shape index (κ3) is 3.71. The Labute approximate surface area is 112 Å². The molecule has 5 nitrogen and oxygen atoms in total. The molecule has 0 radical (unpaired) electrons. The molecule has 1 rings (SSSR count). The number of hydrogen-bond acceptors (Lipinski definition) is 3. The van der Waals surface area contributed by atoms with E-state index in [1.165, 1.54) is 25.3 Å². The molecule has 1 aromatic carbocycles. The Morgan fingerprint density at radius 2 is 1.89 bits per heavy atom. The lowest BCUT2D eigenvalue weighted by molar-refractivity contribution is -0.120. The second kappa shape index (κ2) is 6.22. The Morgan fingerprint density at radius 3 is 2.37 bits per heavy atom. The average Bonchev–Trinajstić information content (AvgIpc) is 2.37. The lowest BCUT2D eigenvalue weighted by Crippen LogP contribution is -2.24. The summed E-state index contributed by atoms with van der Waals surface area (Å²) < 4.78 is 5.11. The highest BCUT2D eigenvalue weighted by atomic mass is 16.5. The van der Waals surface area contributed by atoms with E-state index in [1.54, 1.807) is 0 Å². The van der Waals surface area contributed by atoms with Crippen LogP contribution in [0.15, 0.2) is 18.2 Å². The van der Waals surface area contributed by atoms with Crippen LogP contribution in [-0.2, 0) is 4.79 Å². The molecule has 5 heteroatoms. The van der Waals surface area contributed by atoms with E-state index >= 15 is 0 Å². The summed E-state index contributed by atoms with van der Waals surface area (Å²) in [6.07, 6.45) is 0. The van der Waals surface area contributed by atoms with Crippen molar-refractivity contribution in [3.8, 4) is 5.75 Å². The van der Waals surface area contributed by atoms with E-state index < -0.39 is 5.97 Å². The van der Waals surface area contributed by atoms with Gasteiger partial charge in [-0.1, -0.05) is 20.8 Å². The molecule has 0 saturated heterocycles. The maximum atomic E-state index is 12.0. The molecule has 0 aliphatic heterocycles. The van der Waals surface area contributed by atoms with E-state index in [4.69, 9.17) is 9.84 Å². The number of hydrogen-bond donors (Lipinski definition) is 2. The van der Waals surface area contributed by atoms with Crippen molar-refractivity contribution in [1.29, 1.82) is 0 Å². The zero-order chi connectivity index (χ0) is 14.6. The van der Waals surface area contributed by atoms with Crippen LogP contribution in [-0.4, -0.2) is 24.1 Å². The van der Waals surface area contributed by atoms with Crippen molar-refractivity contribution < 1.29 is 19.4 Å². The Balaban J connectivity index is 3.01. The molecule has 0 bridgehead atoms. The van der Waals surface area contributed by atoms with Crippen molar-refractivity contribution in [2.24, 2.45) is 11.8 Å². The van der Waals surface area contributed by atoms with Crippen LogP contribution in [0.5, 0.6) is 5.75 Å². The molecule has 1 amide bonds. The topological polar surface area (TPSA) is 75.6 Å². The van der Waals surface area contributed by atoms with E-state index in [0.717, 1.165) is 0 Å². The van der Waals surface area contributed by atoms with Gasteiger partial charge in [0.2, 0.25) is 5.91 Å². The number of carbonyl (C=O) groups excluding carboxylic acids is 1. The van der Waals surface area contributed by atoms with Gasteiger partial charge in [-0.3, -0.25) is 4.79 Å². The summed E-state index contributed by atoms with van der Waals surface area (Å²) in [6, 6.07) is 4.36. The van der Waals surface area contributed by atoms with Crippen molar-refractivity contribution in [2.45, 2.75) is 20.8 Å². The second-order valence-corrected chi connectivity index (χ2v) is 4.74. The van der Waals surface area contributed by atoms with Crippen LogP contribution in [0, 0.1) is 11.8 Å². The van der Waals surface area contributed by atoms with Crippen LogP contribution in [0.25, 0.3) is 0 Å².